The summed E-state index contributed by atoms with van der Waals surface area (Å²) >= 11 is 0. The lowest BCUT2D eigenvalue weighted by molar-refractivity contribution is 0.112. The Morgan fingerprint density at radius 3 is 2.69 bits per heavy atom. The normalized spacial score (nSPS) is 10.1. The Labute approximate surface area is 94.2 Å². The van der Waals surface area contributed by atoms with Gasteiger partial charge in [0.05, 0.1) is 11.8 Å². The summed E-state index contributed by atoms with van der Waals surface area (Å²) in [6, 6.07) is 9.74. The van der Waals surface area contributed by atoms with Crippen molar-refractivity contribution in [3.63, 3.8) is 0 Å². The number of carbonyl (C=O) groups excluding carboxylic acids is 1. The third-order valence-corrected chi connectivity index (χ3v) is 2.46. The van der Waals surface area contributed by atoms with Crippen LogP contribution >= 0.6 is 0 Å². The molecule has 0 N–H and O–H groups in total. The van der Waals surface area contributed by atoms with Gasteiger partial charge in [-0.15, -0.1) is 0 Å². The van der Waals surface area contributed by atoms with Gasteiger partial charge in [-0.2, -0.15) is 0 Å². The van der Waals surface area contributed by atoms with Crippen molar-refractivity contribution in [1.29, 1.82) is 0 Å². The molecule has 2 heteroatoms. The first kappa shape index (κ1) is 10.4. The predicted molar refractivity (Wildman–Crippen MR) is 64.9 cm³/mol. The molecular formula is C14H12O2. The molecule has 0 saturated heterocycles. The van der Waals surface area contributed by atoms with E-state index in [1.807, 2.05) is 31.2 Å². The number of hydrogen-bond acceptors (Lipinski definition) is 2. The molecule has 0 fully saturated rings. The molecule has 16 heavy (non-hydrogen) atoms. The zero-order valence-electron chi connectivity index (χ0n) is 9.07. The SMILES string of the molecule is C=COc1cc2cc(C)ccc2cc1C=O. The molecule has 0 unspecified atom stereocenters. The van der Waals surface area contributed by atoms with Crippen molar-refractivity contribution >= 4 is 17.1 Å². The lowest BCUT2D eigenvalue weighted by Gasteiger charge is -2.06. The summed E-state index contributed by atoms with van der Waals surface area (Å²) in [5, 5.41) is 2.09. The van der Waals surface area contributed by atoms with Crippen LogP contribution in [0.15, 0.2) is 43.2 Å². The maximum absolute atomic E-state index is 10.9. The predicted octanol–water partition coefficient (Wildman–Crippen LogP) is 3.48. The van der Waals surface area contributed by atoms with Gasteiger partial charge in [0.15, 0.2) is 6.29 Å². The van der Waals surface area contributed by atoms with Crippen molar-refractivity contribution < 1.29 is 9.53 Å². The largest absolute Gasteiger partial charge is 0.465 e. The smallest absolute Gasteiger partial charge is 0.153 e. The molecule has 2 nitrogen and oxygen atoms in total. The fraction of sp³-hybridized carbons (Fsp3) is 0.0714. The summed E-state index contributed by atoms with van der Waals surface area (Å²) in [6.07, 6.45) is 2.11. The number of aryl methyl sites for hydroxylation is 1. The highest BCUT2D eigenvalue weighted by Gasteiger charge is 2.04. The molecule has 80 valence electrons. The zero-order valence-corrected chi connectivity index (χ0v) is 9.07. The van der Waals surface area contributed by atoms with Crippen molar-refractivity contribution in [3.8, 4) is 5.75 Å². The van der Waals surface area contributed by atoms with Gasteiger partial charge >= 0.3 is 0 Å². The van der Waals surface area contributed by atoms with E-state index in [9.17, 15) is 4.79 Å². The second-order valence-electron chi connectivity index (χ2n) is 3.64. The molecule has 0 bridgehead atoms. The standard InChI is InChI=1S/C14H12O2/c1-3-16-14-8-12-6-10(2)4-5-11(12)7-13(14)9-15/h3-9H,1H2,2H3. The molecule has 0 spiro atoms. The summed E-state index contributed by atoms with van der Waals surface area (Å²) in [5.41, 5.74) is 1.71. The summed E-state index contributed by atoms with van der Waals surface area (Å²) in [5.74, 6) is 0.545. The highest BCUT2D eigenvalue weighted by atomic mass is 16.5. The van der Waals surface area contributed by atoms with Crippen molar-refractivity contribution in [2.45, 2.75) is 6.92 Å². The van der Waals surface area contributed by atoms with Crippen LogP contribution in [0.2, 0.25) is 0 Å². The Kier molecular flexibility index (Phi) is 2.73. The van der Waals surface area contributed by atoms with Gasteiger partial charge in [-0.1, -0.05) is 30.3 Å². The average Bonchev–Trinajstić information content (AvgIpc) is 2.28. The van der Waals surface area contributed by atoms with Crippen molar-refractivity contribution in [2.24, 2.45) is 0 Å². The van der Waals surface area contributed by atoms with E-state index in [2.05, 4.69) is 12.6 Å². The number of fused-ring (bicyclic) bond motifs is 1. The maximum Gasteiger partial charge on any atom is 0.153 e. The van der Waals surface area contributed by atoms with E-state index in [1.54, 1.807) is 0 Å². The Bertz CT molecular complexity index is 556. The van der Waals surface area contributed by atoms with E-state index in [-0.39, 0.29) is 0 Å². The minimum Gasteiger partial charge on any atom is -0.465 e. The van der Waals surface area contributed by atoms with Gasteiger partial charge in [-0.25, -0.2) is 0 Å². The molecule has 2 rings (SSSR count). The second-order valence-corrected chi connectivity index (χ2v) is 3.64. The highest BCUT2D eigenvalue weighted by molar-refractivity contribution is 5.92. The van der Waals surface area contributed by atoms with E-state index in [0.29, 0.717) is 11.3 Å². The Morgan fingerprint density at radius 2 is 2.00 bits per heavy atom. The molecule has 2 aromatic carbocycles. The first-order valence-corrected chi connectivity index (χ1v) is 5.02. The average molecular weight is 212 g/mol. The Balaban J connectivity index is 2.69. The zero-order chi connectivity index (χ0) is 11.5. The van der Waals surface area contributed by atoms with E-state index >= 15 is 0 Å². The van der Waals surface area contributed by atoms with Crippen LogP contribution in [0.1, 0.15) is 15.9 Å². The minimum atomic E-state index is 0.538. The van der Waals surface area contributed by atoms with E-state index < -0.39 is 0 Å². The lowest BCUT2D eigenvalue weighted by atomic mass is 10.0. The summed E-state index contributed by atoms with van der Waals surface area (Å²) in [7, 11) is 0. The van der Waals surface area contributed by atoms with Gasteiger partial charge in [-0.3, -0.25) is 4.79 Å². The van der Waals surface area contributed by atoms with E-state index in [4.69, 9.17) is 4.74 Å². The molecule has 0 amide bonds. The molecule has 0 heterocycles. The van der Waals surface area contributed by atoms with E-state index in [1.165, 1.54) is 11.8 Å². The number of benzene rings is 2. The number of rotatable bonds is 3. The van der Waals surface area contributed by atoms with Crippen LogP contribution in [-0.2, 0) is 0 Å². The van der Waals surface area contributed by atoms with Crippen LogP contribution in [0.4, 0.5) is 0 Å². The molecule has 2 aromatic rings. The van der Waals surface area contributed by atoms with Gasteiger partial charge < -0.3 is 4.74 Å². The Hall–Kier alpha value is -2.09. The third kappa shape index (κ3) is 1.82. The van der Waals surface area contributed by atoms with Crippen LogP contribution in [0.3, 0.4) is 0 Å². The molecule has 0 aliphatic heterocycles. The van der Waals surface area contributed by atoms with Crippen molar-refractivity contribution in [3.05, 3.63) is 54.3 Å². The van der Waals surface area contributed by atoms with Crippen LogP contribution in [0.5, 0.6) is 5.75 Å². The van der Waals surface area contributed by atoms with Gasteiger partial charge in [-0.05, 0) is 29.8 Å². The summed E-state index contributed by atoms with van der Waals surface area (Å²) < 4.78 is 5.21. The molecule has 0 aromatic heterocycles. The van der Waals surface area contributed by atoms with Gasteiger partial charge in [0.25, 0.3) is 0 Å². The third-order valence-electron chi connectivity index (χ3n) is 2.46. The van der Waals surface area contributed by atoms with Crippen LogP contribution in [0, 0.1) is 6.92 Å². The molecule has 0 atom stereocenters. The molecule has 0 aliphatic rings. The molecular weight excluding hydrogens is 200 g/mol. The van der Waals surface area contributed by atoms with Crippen LogP contribution in [-0.4, -0.2) is 6.29 Å². The molecule has 0 radical (unpaired) electrons. The lowest BCUT2D eigenvalue weighted by Crippen LogP contribution is -1.90. The number of ether oxygens (including phenoxy) is 1. The fourth-order valence-corrected chi connectivity index (χ4v) is 1.70. The van der Waals surface area contributed by atoms with Crippen LogP contribution in [0.25, 0.3) is 10.8 Å². The van der Waals surface area contributed by atoms with Crippen LogP contribution < -0.4 is 4.74 Å². The summed E-state index contributed by atoms with van der Waals surface area (Å²) in [4.78, 5) is 10.9. The highest BCUT2D eigenvalue weighted by Crippen LogP contribution is 2.25. The minimum absolute atomic E-state index is 0.538. The van der Waals surface area contributed by atoms with Gasteiger partial charge in [0, 0.05) is 0 Å². The van der Waals surface area contributed by atoms with Crippen molar-refractivity contribution in [1.82, 2.24) is 0 Å². The quantitative estimate of drug-likeness (QED) is 0.575. The first-order valence-electron chi connectivity index (χ1n) is 5.02. The Morgan fingerprint density at radius 1 is 1.19 bits per heavy atom. The topological polar surface area (TPSA) is 26.3 Å². The maximum atomic E-state index is 10.9. The second kappa shape index (κ2) is 4.19. The van der Waals surface area contributed by atoms with Crippen molar-refractivity contribution in [2.75, 3.05) is 0 Å². The fourth-order valence-electron chi connectivity index (χ4n) is 1.70. The number of carbonyl (C=O) groups is 1. The van der Waals surface area contributed by atoms with Gasteiger partial charge in [0.1, 0.15) is 5.75 Å². The van der Waals surface area contributed by atoms with E-state index in [0.717, 1.165) is 17.1 Å². The van der Waals surface area contributed by atoms with Gasteiger partial charge in [0.2, 0.25) is 0 Å². The summed E-state index contributed by atoms with van der Waals surface area (Å²) in [6.45, 7) is 5.52. The monoisotopic (exact) mass is 212 g/mol. The molecule has 0 aliphatic carbocycles. The number of hydrogen-bond donors (Lipinski definition) is 0. The molecule has 0 saturated carbocycles. The first-order chi connectivity index (χ1) is 7.74. The number of aldehydes is 1.